The van der Waals surface area contributed by atoms with Crippen LogP contribution < -0.4 is 5.32 Å². The molecule has 104 valence electrons. The Labute approximate surface area is 117 Å². The first-order valence-corrected chi connectivity index (χ1v) is 7.55. The molecule has 1 aliphatic heterocycles. The van der Waals surface area contributed by atoms with Crippen molar-refractivity contribution in [2.45, 2.75) is 39.3 Å². The smallest absolute Gasteiger partial charge is 0.246 e. The highest BCUT2D eigenvalue weighted by atomic mass is 32.1. The number of piperazine rings is 1. The van der Waals surface area contributed by atoms with Gasteiger partial charge in [-0.2, -0.15) is 0 Å². The zero-order chi connectivity index (χ0) is 14.0. The molecule has 19 heavy (non-hydrogen) atoms. The van der Waals surface area contributed by atoms with Gasteiger partial charge in [0.1, 0.15) is 12.6 Å². The van der Waals surface area contributed by atoms with E-state index in [1.54, 1.807) is 16.2 Å². The first kappa shape index (κ1) is 14.1. The lowest BCUT2D eigenvalue weighted by Crippen LogP contribution is -2.60. The molecule has 0 bridgehead atoms. The first-order valence-electron chi connectivity index (χ1n) is 6.67. The Hall–Kier alpha value is -1.36. The fourth-order valence-electron chi connectivity index (χ4n) is 2.46. The van der Waals surface area contributed by atoms with Crippen LogP contribution in [0.4, 0.5) is 0 Å². The minimum Gasteiger partial charge on any atom is -0.343 e. The van der Waals surface area contributed by atoms with Gasteiger partial charge in [-0.3, -0.25) is 9.59 Å². The summed E-state index contributed by atoms with van der Waals surface area (Å²) in [5.41, 5.74) is 0. The van der Waals surface area contributed by atoms with Gasteiger partial charge in [-0.1, -0.05) is 26.8 Å². The van der Waals surface area contributed by atoms with E-state index in [1.165, 1.54) is 0 Å². The topological polar surface area (TPSA) is 49.4 Å². The van der Waals surface area contributed by atoms with Gasteiger partial charge in [0.05, 0.1) is 6.04 Å². The van der Waals surface area contributed by atoms with E-state index in [0.717, 1.165) is 11.3 Å². The van der Waals surface area contributed by atoms with Crippen molar-refractivity contribution < 1.29 is 9.59 Å². The summed E-state index contributed by atoms with van der Waals surface area (Å²) in [7, 11) is 0. The molecule has 2 amide bonds. The normalized spacial score (nSPS) is 21.7. The van der Waals surface area contributed by atoms with E-state index in [9.17, 15) is 9.59 Å². The zero-order valence-electron chi connectivity index (χ0n) is 11.6. The highest BCUT2D eigenvalue weighted by molar-refractivity contribution is 7.10. The third kappa shape index (κ3) is 2.81. The van der Waals surface area contributed by atoms with Crippen molar-refractivity contribution in [3.05, 3.63) is 22.4 Å². The molecular formula is C14H20N2O2S. The van der Waals surface area contributed by atoms with Crippen LogP contribution in [0.1, 0.15) is 38.1 Å². The first-order chi connectivity index (χ1) is 9.04. The van der Waals surface area contributed by atoms with E-state index in [4.69, 9.17) is 0 Å². The molecule has 1 saturated heterocycles. The van der Waals surface area contributed by atoms with Crippen molar-refractivity contribution in [2.75, 3.05) is 6.54 Å². The Bertz CT molecular complexity index is 456. The van der Waals surface area contributed by atoms with E-state index in [0.29, 0.717) is 0 Å². The lowest BCUT2D eigenvalue weighted by atomic mass is 9.98. The number of nitrogens with one attached hydrogen (secondary N) is 1. The van der Waals surface area contributed by atoms with Crippen LogP contribution in [0.3, 0.4) is 0 Å². The molecule has 4 nitrogen and oxygen atoms in total. The van der Waals surface area contributed by atoms with Gasteiger partial charge in [-0.25, -0.2) is 0 Å². The SMILES string of the molecule is CCC(c1cccs1)N1CC(=O)NC(C(C)C)C1=O. The van der Waals surface area contributed by atoms with Crippen LogP contribution in [0.5, 0.6) is 0 Å². The van der Waals surface area contributed by atoms with Gasteiger partial charge in [0.15, 0.2) is 0 Å². The highest BCUT2D eigenvalue weighted by Gasteiger charge is 2.38. The molecule has 1 N–H and O–H groups in total. The minimum atomic E-state index is -0.393. The monoisotopic (exact) mass is 280 g/mol. The third-order valence-corrected chi connectivity index (χ3v) is 4.45. The largest absolute Gasteiger partial charge is 0.343 e. The van der Waals surface area contributed by atoms with E-state index < -0.39 is 6.04 Å². The van der Waals surface area contributed by atoms with E-state index in [-0.39, 0.29) is 30.3 Å². The molecular weight excluding hydrogens is 260 g/mol. The van der Waals surface area contributed by atoms with E-state index in [1.807, 2.05) is 31.4 Å². The van der Waals surface area contributed by atoms with Crippen molar-refractivity contribution >= 4 is 23.2 Å². The van der Waals surface area contributed by atoms with Gasteiger partial charge >= 0.3 is 0 Å². The van der Waals surface area contributed by atoms with Crippen LogP contribution in [0.2, 0.25) is 0 Å². The molecule has 0 spiro atoms. The van der Waals surface area contributed by atoms with Crippen LogP contribution in [-0.2, 0) is 9.59 Å². The average molecular weight is 280 g/mol. The number of hydrogen-bond donors (Lipinski definition) is 1. The maximum absolute atomic E-state index is 12.5. The summed E-state index contributed by atoms with van der Waals surface area (Å²) < 4.78 is 0. The van der Waals surface area contributed by atoms with Crippen LogP contribution in [-0.4, -0.2) is 29.3 Å². The fraction of sp³-hybridized carbons (Fsp3) is 0.571. The minimum absolute atomic E-state index is 0.0137. The predicted molar refractivity (Wildman–Crippen MR) is 75.8 cm³/mol. The number of rotatable bonds is 4. The molecule has 2 atom stereocenters. The Morgan fingerprint density at radius 3 is 2.74 bits per heavy atom. The Morgan fingerprint density at radius 2 is 2.21 bits per heavy atom. The number of carbonyl (C=O) groups is 2. The second-order valence-corrected chi connectivity index (χ2v) is 6.17. The average Bonchev–Trinajstić information content (AvgIpc) is 2.87. The molecule has 2 rings (SSSR count). The molecule has 1 fully saturated rings. The summed E-state index contributed by atoms with van der Waals surface area (Å²) in [5, 5.41) is 4.80. The summed E-state index contributed by atoms with van der Waals surface area (Å²) in [4.78, 5) is 27.2. The van der Waals surface area contributed by atoms with Gasteiger partial charge in [0.2, 0.25) is 11.8 Å². The Balaban J connectivity index is 2.26. The fourth-order valence-corrected chi connectivity index (χ4v) is 3.39. The number of nitrogens with zero attached hydrogens (tertiary/aromatic N) is 1. The second kappa shape index (κ2) is 5.74. The number of carbonyl (C=O) groups excluding carboxylic acids is 2. The standard InChI is InChI=1S/C14H20N2O2S/c1-4-10(11-6-5-7-19-11)16-8-12(17)15-13(9(2)3)14(16)18/h5-7,9-10,13H,4,8H2,1-3H3,(H,15,17). The van der Waals surface area contributed by atoms with Crippen LogP contribution in [0.15, 0.2) is 17.5 Å². The molecule has 1 aliphatic rings. The van der Waals surface area contributed by atoms with Crippen LogP contribution in [0, 0.1) is 5.92 Å². The summed E-state index contributed by atoms with van der Waals surface area (Å²) >= 11 is 1.64. The van der Waals surface area contributed by atoms with Gasteiger partial charge in [0, 0.05) is 4.88 Å². The van der Waals surface area contributed by atoms with Gasteiger partial charge in [-0.05, 0) is 23.8 Å². The highest BCUT2D eigenvalue weighted by Crippen LogP contribution is 2.30. The van der Waals surface area contributed by atoms with Gasteiger partial charge < -0.3 is 10.2 Å². The number of hydrogen-bond acceptors (Lipinski definition) is 3. The summed E-state index contributed by atoms with van der Waals surface area (Å²) in [6, 6.07) is 3.63. The number of amides is 2. The molecule has 2 heterocycles. The third-order valence-electron chi connectivity index (χ3n) is 3.48. The van der Waals surface area contributed by atoms with E-state index in [2.05, 4.69) is 12.2 Å². The summed E-state index contributed by atoms with van der Waals surface area (Å²) in [5.74, 6) is 0.0863. The molecule has 0 aromatic carbocycles. The molecule has 0 radical (unpaired) electrons. The van der Waals surface area contributed by atoms with Crippen LogP contribution in [0.25, 0.3) is 0 Å². The summed E-state index contributed by atoms with van der Waals surface area (Å²) in [6.45, 7) is 6.13. The molecule has 1 aromatic rings. The van der Waals surface area contributed by atoms with Crippen molar-refractivity contribution in [2.24, 2.45) is 5.92 Å². The maximum Gasteiger partial charge on any atom is 0.246 e. The molecule has 0 saturated carbocycles. The quantitative estimate of drug-likeness (QED) is 0.919. The lowest BCUT2D eigenvalue weighted by molar-refractivity contribution is -0.148. The van der Waals surface area contributed by atoms with Crippen molar-refractivity contribution in [3.8, 4) is 0 Å². The Kier molecular flexibility index (Phi) is 4.24. The second-order valence-electron chi connectivity index (χ2n) is 5.19. The van der Waals surface area contributed by atoms with Crippen molar-refractivity contribution in [1.29, 1.82) is 0 Å². The van der Waals surface area contributed by atoms with Crippen molar-refractivity contribution in [1.82, 2.24) is 10.2 Å². The predicted octanol–water partition coefficient (Wildman–Crippen LogP) is 2.18. The van der Waals surface area contributed by atoms with Gasteiger partial charge in [-0.15, -0.1) is 11.3 Å². The molecule has 5 heteroatoms. The molecule has 1 aromatic heterocycles. The number of thiophene rings is 1. The zero-order valence-corrected chi connectivity index (χ0v) is 12.4. The molecule has 0 aliphatic carbocycles. The lowest BCUT2D eigenvalue weighted by Gasteiger charge is -2.38. The maximum atomic E-state index is 12.5. The Morgan fingerprint density at radius 1 is 1.47 bits per heavy atom. The van der Waals surface area contributed by atoms with Crippen LogP contribution >= 0.6 is 11.3 Å². The molecule has 2 unspecified atom stereocenters. The van der Waals surface area contributed by atoms with E-state index >= 15 is 0 Å². The van der Waals surface area contributed by atoms with Gasteiger partial charge in [0.25, 0.3) is 0 Å². The summed E-state index contributed by atoms with van der Waals surface area (Å²) in [6.07, 6.45) is 0.824. The van der Waals surface area contributed by atoms with Crippen molar-refractivity contribution in [3.63, 3.8) is 0 Å².